The average Bonchev–Trinajstić information content (AvgIpc) is 2.78. The molecule has 2 aromatic rings. The van der Waals surface area contributed by atoms with Crippen LogP contribution in [0.3, 0.4) is 0 Å². The van der Waals surface area contributed by atoms with Crippen molar-refractivity contribution in [2.24, 2.45) is 0 Å². The average molecular weight is 283 g/mol. The van der Waals surface area contributed by atoms with E-state index < -0.39 is 17.7 Å². The van der Waals surface area contributed by atoms with E-state index in [9.17, 15) is 13.6 Å². The smallest absolute Gasteiger partial charge is 0.254 e. The zero-order chi connectivity index (χ0) is 13.8. The number of pyridine rings is 1. The number of hydrogen-bond acceptors (Lipinski definition) is 4. The van der Waals surface area contributed by atoms with Gasteiger partial charge in [-0.1, -0.05) is 0 Å². The highest BCUT2D eigenvalue weighted by Gasteiger charge is 2.15. The number of nitrogens with one attached hydrogen (secondary N) is 1. The van der Waals surface area contributed by atoms with E-state index in [1.54, 1.807) is 0 Å². The summed E-state index contributed by atoms with van der Waals surface area (Å²) >= 11 is 1.52. The minimum Gasteiger partial charge on any atom is -0.352 e. The second-order valence-corrected chi connectivity index (χ2v) is 4.89. The van der Waals surface area contributed by atoms with Crippen LogP contribution in [0.4, 0.5) is 8.78 Å². The highest BCUT2D eigenvalue weighted by molar-refractivity contribution is 7.09. The van der Waals surface area contributed by atoms with E-state index in [4.69, 9.17) is 0 Å². The van der Waals surface area contributed by atoms with Gasteiger partial charge in [0, 0.05) is 24.5 Å². The molecule has 19 heavy (non-hydrogen) atoms. The number of hydrogen-bond donors (Lipinski definition) is 1. The number of nitrogens with zero attached hydrogens (tertiary/aromatic N) is 2. The summed E-state index contributed by atoms with van der Waals surface area (Å²) in [6.45, 7) is 2.20. The highest BCUT2D eigenvalue weighted by atomic mass is 32.1. The minimum absolute atomic E-state index is 0.311. The van der Waals surface area contributed by atoms with Crippen molar-refractivity contribution in [3.63, 3.8) is 0 Å². The number of rotatable bonds is 4. The van der Waals surface area contributed by atoms with Crippen molar-refractivity contribution in [2.45, 2.75) is 13.3 Å². The van der Waals surface area contributed by atoms with Crippen LogP contribution in [0.1, 0.15) is 21.1 Å². The quantitative estimate of drug-likeness (QED) is 0.874. The van der Waals surface area contributed by atoms with Gasteiger partial charge in [0.1, 0.15) is 0 Å². The number of amides is 1. The van der Waals surface area contributed by atoms with E-state index in [2.05, 4.69) is 15.3 Å². The lowest BCUT2D eigenvalue weighted by Crippen LogP contribution is -2.27. The Morgan fingerprint density at radius 2 is 2.26 bits per heavy atom. The molecular formula is C12H11F2N3OS. The molecule has 1 N–H and O–H groups in total. The second-order valence-electron chi connectivity index (χ2n) is 3.83. The van der Waals surface area contributed by atoms with Gasteiger partial charge >= 0.3 is 0 Å². The van der Waals surface area contributed by atoms with Crippen molar-refractivity contribution >= 4 is 17.2 Å². The zero-order valence-corrected chi connectivity index (χ0v) is 10.9. The molecule has 2 rings (SSSR count). The van der Waals surface area contributed by atoms with Crippen LogP contribution in [-0.4, -0.2) is 22.4 Å². The lowest BCUT2D eigenvalue weighted by atomic mass is 10.2. The number of aromatic nitrogens is 2. The SMILES string of the molecule is Cc1nc(CCNC(=O)c2ccnc(F)c2F)cs1. The molecule has 0 saturated heterocycles. The topological polar surface area (TPSA) is 54.9 Å². The van der Waals surface area contributed by atoms with E-state index >= 15 is 0 Å². The fourth-order valence-corrected chi connectivity index (χ4v) is 2.16. The molecule has 0 atom stereocenters. The van der Waals surface area contributed by atoms with Crippen molar-refractivity contribution in [1.82, 2.24) is 15.3 Å². The van der Waals surface area contributed by atoms with Crippen LogP contribution < -0.4 is 5.32 Å². The first-order valence-corrected chi connectivity index (χ1v) is 6.45. The first kappa shape index (κ1) is 13.5. The van der Waals surface area contributed by atoms with Crippen molar-refractivity contribution in [3.05, 3.63) is 45.7 Å². The predicted octanol–water partition coefficient (Wildman–Crippen LogP) is 2.10. The molecule has 100 valence electrons. The number of halogens is 2. The van der Waals surface area contributed by atoms with Crippen LogP contribution in [0.2, 0.25) is 0 Å². The third kappa shape index (κ3) is 3.31. The molecule has 1 amide bonds. The zero-order valence-electron chi connectivity index (χ0n) is 10.1. The summed E-state index contributed by atoms with van der Waals surface area (Å²) in [4.78, 5) is 19.0. The van der Waals surface area contributed by atoms with E-state index in [-0.39, 0.29) is 5.56 Å². The predicted molar refractivity (Wildman–Crippen MR) is 67.0 cm³/mol. The van der Waals surface area contributed by atoms with Crippen molar-refractivity contribution in [2.75, 3.05) is 6.54 Å². The molecule has 7 heteroatoms. The summed E-state index contributed by atoms with van der Waals surface area (Å²) in [5, 5.41) is 5.36. The summed E-state index contributed by atoms with van der Waals surface area (Å²) < 4.78 is 26.2. The first-order chi connectivity index (χ1) is 9.08. The third-order valence-electron chi connectivity index (χ3n) is 2.42. The Morgan fingerprint density at radius 3 is 2.95 bits per heavy atom. The van der Waals surface area contributed by atoms with E-state index in [0.29, 0.717) is 13.0 Å². The molecule has 0 aliphatic rings. The van der Waals surface area contributed by atoms with E-state index in [1.807, 2.05) is 12.3 Å². The lowest BCUT2D eigenvalue weighted by Gasteiger charge is -2.05. The fourth-order valence-electron chi connectivity index (χ4n) is 1.52. The Morgan fingerprint density at radius 1 is 1.47 bits per heavy atom. The molecule has 0 saturated carbocycles. The Hall–Kier alpha value is -1.89. The monoisotopic (exact) mass is 283 g/mol. The highest BCUT2D eigenvalue weighted by Crippen LogP contribution is 2.10. The maximum atomic E-state index is 13.3. The molecule has 0 fully saturated rings. The molecule has 0 unspecified atom stereocenters. The van der Waals surface area contributed by atoms with Gasteiger partial charge in [-0.3, -0.25) is 4.79 Å². The molecule has 2 heterocycles. The van der Waals surface area contributed by atoms with E-state index in [0.717, 1.165) is 23.0 Å². The summed E-state index contributed by atoms with van der Waals surface area (Å²) in [5.74, 6) is -3.17. The van der Waals surface area contributed by atoms with Crippen molar-refractivity contribution < 1.29 is 13.6 Å². The van der Waals surface area contributed by atoms with Crippen LogP contribution in [0, 0.1) is 18.7 Å². The van der Waals surface area contributed by atoms with Gasteiger partial charge in [0.2, 0.25) is 5.95 Å². The summed E-state index contributed by atoms with van der Waals surface area (Å²) in [7, 11) is 0. The molecule has 0 radical (unpaired) electrons. The van der Waals surface area contributed by atoms with Gasteiger partial charge < -0.3 is 5.32 Å². The van der Waals surface area contributed by atoms with Crippen LogP contribution in [0.5, 0.6) is 0 Å². The van der Waals surface area contributed by atoms with Crippen molar-refractivity contribution in [3.8, 4) is 0 Å². The summed E-state index contributed by atoms with van der Waals surface area (Å²) in [6.07, 6.45) is 1.60. The van der Waals surface area contributed by atoms with Gasteiger partial charge in [0.25, 0.3) is 5.91 Å². The number of carbonyl (C=O) groups excluding carboxylic acids is 1. The molecular weight excluding hydrogens is 272 g/mol. The molecule has 0 aliphatic heterocycles. The van der Waals surface area contributed by atoms with Gasteiger partial charge in [0.05, 0.1) is 16.3 Å². The van der Waals surface area contributed by atoms with Gasteiger partial charge in [-0.05, 0) is 13.0 Å². The molecule has 2 aromatic heterocycles. The third-order valence-corrected chi connectivity index (χ3v) is 3.25. The lowest BCUT2D eigenvalue weighted by molar-refractivity contribution is 0.0948. The maximum absolute atomic E-state index is 13.3. The molecule has 0 spiro atoms. The molecule has 0 bridgehead atoms. The van der Waals surface area contributed by atoms with Gasteiger partial charge in [-0.2, -0.15) is 4.39 Å². The normalized spacial score (nSPS) is 10.5. The summed E-state index contributed by atoms with van der Waals surface area (Å²) in [5.41, 5.74) is 0.520. The number of aryl methyl sites for hydroxylation is 1. The van der Waals surface area contributed by atoms with Gasteiger partial charge in [-0.15, -0.1) is 11.3 Å². The van der Waals surface area contributed by atoms with Crippen LogP contribution >= 0.6 is 11.3 Å². The molecule has 4 nitrogen and oxygen atoms in total. The maximum Gasteiger partial charge on any atom is 0.254 e. The van der Waals surface area contributed by atoms with Gasteiger partial charge in [-0.25, -0.2) is 14.4 Å². The van der Waals surface area contributed by atoms with E-state index in [1.165, 1.54) is 11.3 Å². The Balaban J connectivity index is 1.93. The minimum atomic E-state index is -1.28. The number of thiazole rings is 1. The molecule has 0 aromatic carbocycles. The van der Waals surface area contributed by atoms with Gasteiger partial charge in [0.15, 0.2) is 5.82 Å². The Bertz CT molecular complexity index is 600. The molecule has 0 aliphatic carbocycles. The Labute approximate surface area is 112 Å². The number of carbonyl (C=O) groups is 1. The van der Waals surface area contributed by atoms with Crippen LogP contribution in [-0.2, 0) is 6.42 Å². The second kappa shape index (κ2) is 5.83. The largest absolute Gasteiger partial charge is 0.352 e. The fraction of sp³-hybridized carbons (Fsp3) is 0.250. The standard InChI is InChI=1S/C12H11F2N3OS/c1-7-17-8(6-19-7)2-4-16-12(18)9-3-5-15-11(14)10(9)13/h3,5-6H,2,4H2,1H3,(H,16,18). The Kier molecular flexibility index (Phi) is 4.16. The summed E-state index contributed by atoms with van der Waals surface area (Å²) in [6, 6.07) is 1.14. The van der Waals surface area contributed by atoms with Crippen molar-refractivity contribution in [1.29, 1.82) is 0 Å². The van der Waals surface area contributed by atoms with Crippen LogP contribution in [0.25, 0.3) is 0 Å². The van der Waals surface area contributed by atoms with Crippen LogP contribution in [0.15, 0.2) is 17.6 Å². The first-order valence-electron chi connectivity index (χ1n) is 5.57.